The number of furan rings is 1. The average Bonchev–Trinajstić information content (AvgIpc) is 3.23. The number of carbonyl (C=O) groups is 1. The summed E-state index contributed by atoms with van der Waals surface area (Å²) in [5.41, 5.74) is 2.77. The average molecular weight is 457 g/mol. The fourth-order valence-electron chi connectivity index (χ4n) is 3.32. The summed E-state index contributed by atoms with van der Waals surface area (Å²) in [6, 6.07) is 21.4. The summed E-state index contributed by atoms with van der Waals surface area (Å²) < 4.78 is 11.3. The molecule has 0 spiro atoms. The third-order valence-electron chi connectivity index (χ3n) is 4.80. The second-order valence-electron chi connectivity index (χ2n) is 6.82. The lowest BCUT2D eigenvalue weighted by Gasteiger charge is -2.09. The van der Waals surface area contributed by atoms with Gasteiger partial charge in [0.05, 0.1) is 6.61 Å². The van der Waals surface area contributed by atoms with Crippen LogP contribution in [0.4, 0.5) is 11.7 Å². The highest BCUT2D eigenvalue weighted by Crippen LogP contribution is 2.42. The molecule has 0 amide bonds. The maximum Gasteiger partial charge on any atom is 0.343 e. The van der Waals surface area contributed by atoms with Gasteiger partial charge < -0.3 is 14.5 Å². The van der Waals surface area contributed by atoms with Gasteiger partial charge in [0, 0.05) is 17.3 Å². The first-order valence-electron chi connectivity index (χ1n) is 10.2. The summed E-state index contributed by atoms with van der Waals surface area (Å²) in [7, 11) is 0. The van der Waals surface area contributed by atoms with Crippen LogP contribution in [-0.4, -0.2) is 28.8 Å². The van der Waals surface area contributed by atoms with Crippen molar-refractivity contribution in [2.24, 2.45) is 0 Å². The van der Waals surface area contributed by atoms with E-state index in [4.69, 9.17) is 9.15 Å². The summed E-state index contributed by atoms with van der Waals surface area (Å²) in [6.45, 7) is 1.93. The molecule has 33 heavy (non-hydrogen) atoms. The molecular formula is C25H20N4O3S. The Kier molecular flexibility index (Phi) is 6.72. The Morgan fingerprint density at radius 1 is 1.12 bits per heavy atom. The predicted molar refractivity (Wildman–Crippen MR) is 127 cm³/mol. The number of anilines is 2. The van der Waals surface area contributed by atoms with Gasteiger partial charge in [0.25, 0.3) is 0 Å². The maximum atomic E-state index is 12.5. The second kappa shape index (κ2) is 10.0. The van der Waals surface area contributed by atoms with E-state index in [1.807, 2.05) is 66.9 Å². The van der Waals surface area contributed by atoms with Crippen LogP contribution in [0.25, 0.3) is 22.5 Å². The second-order valence-corrected chi connectivity index (χ2v) is 7.59. The van der Waals surface area contributed by atoms with E-state index in [1.54, 1.807) is 6.92 Å². The van der Waals surface area contributed by atoms with Crippen LogP contribution in [0.2, 0.25) is 0 Å². The Balaban J connectivity index is 1.89. The van der Waals surface area contributed by atoms with E-state index in [2.05, 4.69) is 21.4 Å². The molecule has 0 fully saturated rings. The van der Waals surface area contributed by atoms with Gasteiger partial charge in [-0.15, -0.1) is 0 Å². The maximum absolute atomic E-state index is 12.5. The first kappa shape index (κ1) is 22.1. The molecule has 2 aromatic carbocycles. The van der Waals surface area contributed by atoms with Crippen LogP contribution < -0.4 is 5.32 Å². The smallest absolute Gasteiger partial charge is 0.343 e. The van der Waals surface area contributed by atoms with Gasteiger partial charge >= 0.3 is 5.97 Å². The number of hydrogen-bond acceptors (Lipinski definition) is 8. The van der Waals surface area contributed by atoms with Crippen molar-refractivity contribution < 1.29 is 13.9 Å². The molecule has 4 rings (SSSR count). The van der Waals surface area contributed by atoms with E-state index in [1.165, 1.54) is 18.0 Å². The number of ether oxygens (including phenoxy) is 1. The van der Waals surface area contributed by atoms with Gasteiger partial charge in [-0.2, -0.15) is 5.26 Å². The molecular weight excluding hydrogens is 436 g/mol. The van der Waals surface area contributed by atoms with Crippen molar-refractivity contribution in [3.8, 4) is 28.5 Å². The Bertz CT molecular complexity index is 1310. The number of nitrogens with zero attached hydrogens (tertiary/aromatic N) is 3. The zero-order valence-corrected chi connectivity index (χ0v) is 18.8. The lowest BCUT2D eigenvalue weighted by atomic mass is 9.98. The Hall–Kier alpha value is -4.09. The number of nitriles is 1. The van der Waals surface area contributed by atoms with Crippen molar-refractivity contribution >= 4 is 29.4 Å². The number of aromatic nitrogens is 2. The van der Waals surface area contributed by atoms with Crippen molar-refractivity contribution in [1.29, 1.82) is 5.26 Å². The van der Waals surface area contributed by atoms with E-state index in [-0.39, 0.29) is 23.9 Å². The van der Waals surface area contributed by atoms with Crippen LogP contribution in [0.3, 0.4) is 0 Å². The Morgan fingerprint density at radius 3 is 2.39 bits per heavy atom. The van der Waals surface area contributed by atoms with Crippen molar-refractivity contribution in [2.45, 2.75) is 12.1 Å². The largest absolute Gasteiger partial charge is 0.462 e. The molecule has 164 valence electrons. The number of hydrogen-bond donors (Lipinski definition) is 1. The summed E-state index contributed by atoms with van der Waals surface area (Å²) in [4.78, 5) is 21.1. The molecule has 0 aliphatic carbocycles. The number of nitrogens with one attached hydrogen (secondary N) is 1. The standard InChI is InChI=1S/C25H20N4O3S/c1-3-31-24(30)19-15-27-25(33-2)29-22(19)28-23-18(14-26)20(16-10-6-4-7-11-16)21(32-23)17-12-8-5-9-13-17/h4-13,15H,3H2,1-2H3,(H,27,28,29). The SMILES string of the molecule is CCOC(=O)c1cnc(SC)nc1Nc1oc(-c2ccccc2)c(-c2ccccc2)c1C#N. The van der Waals surface area contributed by atoms with Gasteiger partial charge in [0.1, 0.15) is 23.0 Å². The zero-order chi connectivity index (χ0) is 23.2. The summed E-state index contributed by atoms with van der Waals surface area (Å²) in [5, 5.41) is 13.6. The van der Waals surface area contributed by atoms with Crippen molar-refractivity contribution in [3.63, 3.8) is 0 Å². The van der Waals surface area contributed by atoms with Crippen LogP contribution in [0, 0.1) is 11.3 Å². The molecule has 4 aromatic rings. The first-order valence-corrected chi connectivity index (χ1v) is 11.4. The molecule has 8 heteroatoms. The zero-order valence-electron chi connectivity index (χ0n) is 18.0. The van der Waals surface area contributed by atoms with Gasteiger partial charge in [0.2, 0.25) is 5.88 Å². The monoisotopic (exact) mass is 456 g/mol. The molecule has 0 bridgehead atoms. The molecule has 7 nitrogen and oxygen atoms in total. The Labute approximate surface area is 195 Å². The predicted octanol–water partition coefficient (Wildman–Crippen LogP) is 5.92. The minimum absolute atomic E-state index is 0.150. The summed E-state index contributed by atoms with van der Waals surface area (Å²) in [5.74, 6) is 0.366. The van der Waals surface area contributed by atoms with Gasteiger partial charge in [-0.25, -0.2) is 14.8 Å². The highest BCUT2D eigenvalue weighted by molar-refractivity contribution is 7.98. The van der Waals surface area contributed by atoms with E-state index >= 15 is 0 Å². The number of benzene rings is 2. The van der Waals surface area contributed by atoms with Crippen LogP contribution >= 0.6 is 11.8 Å². The van der Waals surface area contributed by atoms with Gasteiger partial charge in [0.15, 0.2) is 11.0 Å². The molecule has 0 aliphatic rings. The van der Waals surface area contributed by atoms with Crippen molar-refractivity contribution in [1.82, 2.24) is 9.97 Å². The normalized spacial score (nSPS) is 10.5. The highest BCUT2D eigenvalue weighted by Gasteiger charge is 2.25. The van der Waals surface area contributed by atoms with E-state index in [0.29, 0.717) is 22.0 Å². The van der Waals surface area contributed by atoms with Crippen LogP contribution in [0.15, 0.2) is 76.4 Å². The molecule has 0 radical (unpaired) electrons. The van der Waals surface area contributed by atoms with Crippen molar-refractivity contribution in [3.05, 3.63) is 78.0 Å². The lowest BCUT2D eigenvalue weighted by Crippen LogP contribution is -2.11. The van der Waals surface area contributed by atoms with Crippen LogP contribution in [0.1, 0.15) is 22.8 Å². The molecule has 2 heterocycles. The van der Waals surface area contributed by atoms with E-state index in [0.717, 1.165) is 11.1 Å². The van der Waals surface area contributed by atoms with E-state index in [9.17, 15) is 10.1 Å². The number of carbonyl (C=O) groups excluding carboxylic acids is 1. The molecule has 0 saturated heterocycles. The quantitative estimate of drug-likeness (QED) is 0.208. The fourth-order valence-corrected chi connectivity index (χ4v) is 3.66. The van der Waals surface area contributed by atoms with Crippen LogP contribution in [-0.2, 0) is 4.74 Å². The third kappa shape index (κ3) is 4.59. The minimum atomic E-state index is -0.565. The van der Waals surface area contributed by atoms with E-state index < -0.39 is 5.97 Å². The summed E-state index contributed by atoms with van der Waals surface area (Å²) in [6.07, 6.45) is 3.24. The van der Waals surface area contributed by atoms with Crippen molar-refractivity contribution in [2.75, 3.05) is 18.2 Å². The molecule has 2 aromatic heterocycles. The molecule has 0 atom stereocenters. The first-order chi connectivity index (χ1) is 16.2. The molecule has 0 unspecified atom stereocenters. The Morgan fingerprint density at radius 2 is 1.79 bits per heavy atom. The fraction of sp³-hybridized carbons (Fsp3) is 0.120. The van der Waals surface area contributed by atoms with Gasteiger partial charge in [-0.3, -0.25) is 0 Å². The molecule has 0 aliphatic heterocycles. The topological polar surface area (TPSA) is 101 Å². The third-order valence-corrected chi connectivity index (χ3v) is 5.36. The van der Waals surface area contributed by atoms with Gasteiger partial charge in [-0.05, 0) is 18.7 Å². The summed E-state index contributed by atoms with van der Waals surface area (Å²) >= 11 is 1.33. The number of thioether (sulfide) groups is 1. The minimum Gasteiger partial charge on any atom is -0.462 e. The van der Waals surface area contributed by atoms with Crippen LogP contribution in [0.5, 0.6) is 0 Å². The highest BCUT2D eigenvalue weighted by atomic mass is 32.2. The molecule has 0 saturated carbocycles. The molecule has 1 N–H and O–H groups in total. The number of esters is 1. The lowest BCUT2D eigenvalue weighted by molar-refractivity contribution is 0.0526. The number of rotatable bonds is 7. The van der Waals surface area contributed by atoms with Gasteiger partial charge in [-0.1, -0.05) is 72.4 Å².